The molecule has 0 aliphatic carbocycles. The van der Waals surface area contributed by atoms with E-state index in [4.69, 9.17) is 14.7 Å². The summed E-state index contributed by atoms with van der Waals surface area (Å²) >= 11 is 0. The van der Waals surface area contributed by atoms with Crippen LogP contribution >= 0.6 is 0 Å². The summed E-state index contributed by atoms with van der Waals surface area (Å²) in [7, 11) is 1.53. The number of rotatable bonds is 7. The summed E-state index contributed by atoms with van der Waals surface area (Å²) in [4.78, 5) is 26.1. The zero-order chi connectivity index (χ0) is 23.2. The Morgan fingerprint density at radius 2 is 1.70 bits per heavy atom. The van der Waals surface area contributed by atoms with Crippen molar-refractivity contribution in [1.82, 2.24) is 14.9 Å². The number of anilines is 1. The first kappa shape index (κ1) is 22.9. The lowest BCUT2D eigenvalue weighted by atomic mass is 10.0. The molecule has 2 aromatic carbocycles. The molecule has 0 spiro atoms. The average Bonchev–Trinajstić information content (AvgIpc) is 2.86. The first-order chi connectivity index (χ1) is 16.1. The van der Waals surface area contributed by atoms with Gasteiger partial charge in [-0.1, -0.05) is 55.5 Å². The molecule has 1 aliphatic heterocycles. The van der Waals surface area contributed by atoms with Gasteiger partial charge in [-0.15, -0.1) is 0 Å². The summed E-state index contributed by atoms with van der Waals surface area (Å²) in [6.07, 6.45) is 1.13. The molecular weight excluding hydrogens is 419 g/mol. The highest BCUT2D eigenvalue weighted by Gasteiger charge is 2.26. The normalized spacial score (nSPS) is 13.9. The van der Waals surface area contributed by atoms with E-state index in [-0.39, 0.29) is 18.3 Å². The SMILES string of the molecule is CCc1nc(-c2ccccc2)nc(N2CCN(C(=O)COC)CC2)c1Cc1ccccc1F. The average molecular weight is 449 g/mol. The van der Waals surface area contributed by atoms with Crippen LogP contribution in [0.15, 0.2) is 54.6 Å². The fraction of sp³-hybridized carbons (Fsp3) is 0.346. The summed E-state index contributed by atoms with van der Waals surface area (Å²) in [6.45, 7) is 4.63. The standard InChI is InChI=1S/C26H29FN4O2/c1-3-23-21(17-20-11-7-8-12-22(20)27)26(29-25(28-23)19-9-5-4-6-10-19)31-15-13-30(14-16-31)24(32)18-33-2/h4-12H,3,13-18H2,1-2H3. The lowest BCUT2D eigenvalue weighted by Crippen LogP contribution is -2.50. The smallest absolute Gasteiger partial charge is 0.248 e. The van der Waals surface area contributed by atoms with Gasteiger partial charge in [-0.25, -0.2) is 14.4 Å². The quantitative estimate of drug-likeness (QED) is 0.551. The van der Waals surface area contributed by atoms with Crippen LogP contribution in [0.5, 0.6) is 0 Å². The summed E-state index contributed by atoms with van der Waals surface area (Å²) < 4.78 is 19.5. The van der Waals surface area contributed by atoms with Crippen molar-refractivity contribution in [2.24, 2.45) is 0 Å². The number of piperazine rings is 1. The van der Waals surface area contributed by atoms with E-state index in [1.165, 1.54) is 13.2 Å². The van der Waals surface area contributed by atoms with Crippen molar-refractivity contribution in [3.63, 3.8) is 0 Å². The molecule has 33 heavy (non-hydrogen) atoms. The fourth-order valence-electron chi connectivity index (χ4n) is 4.18. The number of hydrogen-bond donors (Lipinski definition) is 0. The largest absolute Gasteiger partial charge is 0.375 e. The van der Waals surface area contributed by atoms with Crippen LogP contribution in [-0.4, -0.2) is 60.7 Å². The number of nitrogens with zero attached hydrogens (tertiary/aromatic N) is 4. The van der Waals surface area contributed by atoms with Crippen molar-refractivity contribution < 1.29 is 13.9 Å². The van der Waals surface area contributed by atoms with E-state index in [0.717, 1.165) is 22.6 Å². The third-order valence-electron chi connectivity index (χ3n) is 5.96. The van der Waals surface area contributed by atoms with Crippen LogP contribution in [-0.2, 0) is 22.4 Å². The van der Waals surface area contributed by atoms with Gasteiger partial charge in [0.15, 0.2) is 5.82 Å². The molecule has 0 bridgehead atoms. The Bertz CT molecular complexity index is 1100. The number of carbonyl (C=O) groups excluding carboxylic acids is 1. The molecule has 0 radical (unpaired) electrons. The topological polar surface area (TPSA) is 58.6 Å². The van der Waals surface area contributed by atoms with Crippen LogP contribution < -0.4 is 4.90 Å². The lowest BCUT2D eigenvalue weighted by Gasteiger charge is -2.36. The third-order valence-corrected chi connectivity index (χ3v) is 5.96. The Balaban J connectivity index is 1.72. The molecule has 0 atom stereocenters. The number of benzene rings is 2. The third kappa shape index (κ3) is 5.20. The maximum atomic E-state index is 14.5. The van der Waals surface area contributed by atoms with Crippen molar-refractivity contribution in [1.29, 1.82) is 0 Å². The Labute approximate surface area is 194 Å². The van der Waals surface area contributed by atoms with Crippen molar-refractivity contribution in [2.45, 2.75) is 19.8 Å². The highest BCUT2D eigenvalue weighted by molar-refractivity contribution is 5.77. The van der Waals surface area contributed by atoms with Crippen LogP contribution in [0.25, 0.3) is 11.4 Å². The Hall–Kier alpha value is -3.32. The maximum Gasteiger partial charge on any atom is 0.248 e. The minimum absolute atomic E-state index is 0.00867. The summed E-state index contributed by atoms with van der Waals surface area (Å²) in [5.74, 6) is 1.25. The second-order valence-corrected chi connectivity index (χ2v) is 8.08. The van der Waals surface area contributed by atoms with Crippen LogP contribution in [0.4, 0.5) is 10.2 Å². The maximum absolute atomic E-state index is 14.5. The molecule has 1 aromatic heterocycles. The van der Waals surface area contributed by atoms with Gasteiger partial charge in [0.05, 0.1) is 0 Å². The van der Waals surface area contributed by atoms with Crippen molar-refractivity contribution in [2.75, 3.05) is 44.8 Å². The van der Waals surface area contributed by atoms with E-state index >= 15 is 0 Å². The molecule has 4 rings (SSSR count). The minimum atomic E-state index is -0.229. The number of aryl methyl sites for hydroxylation is 1. The molecule has 172 valence electrons. The number of aromatic nitrogens is 2. The summed E-state index contributed by atoms with van der Waals surface area (Å²) in [5.41, 5.74) is 3.43. The second kappa shape index (κ2) is 10.5. The number of halogens is 1. The van der Waals surface area contributed by atoms with Gasteiger partial charge in [0.25, 0.3) is 0 Å². The zero-order valence-electron chi connectivity index (χ0n) is 19.1. The van der Waals surface area contributed by atoms with Gasteiger partial charge >= 0.3 is 0 Å². The van der Waals surface area contributed by atoms with Crippen LogP contribution in [0.2, 0.25) is 0 Å². The molecule has 1 aliphatic rings. The Morgan fingerprint density at radius 1 is 1.00 bits per heavy atom. The zero-order valence-corrected chi connectivity index (χ0v) is 19.1. The van der Waals surface area contributed by atoms with E-state index in [9.17, 15) is 9.18 Å². The van der Waals surface area contributed by atoms with Crippen molar-refractivity contribution >= 4 is 11.7 Å². The number of hydrogen-bond acceptors (Lipinski definition) is 5. The first-order valence-corrected chi connectivity index (χ1v) is 11.3. The fourth-order valence-corrected chi connectivity index (χ4v) is 4.18. The second-order valence-electron chi connectivity index (χ2n) is 8.08. The van der Waals surface area contributed by atoms with E-state index in [2.05, 4.69) is 11.8 Å². The predicted octanol–water partition coefficient (Wildman–Crippen LogP) is 3.73. The van der Waals surface area contributed by atoms with E-state index < -0.39 is 0 Å². The van der Waals surface area contributed by atoms with Gasteiger partial charge in [0.2, 0.25) is 5.91 Å². The molecule has 7 heteroatoms. The van der Waals surface area contributed by atoms with Gasteiger partial charge in [-0.05, 0) is 18.1 Å². The molecule has 1 fully saturated rings. The number of methoxy groups -OCH3 is 1. The molecule has 6 nitrogen and oxygen atoms in total. The lowest BCUT2D eigenvalue weighted by molar-refractivity contribution is -0.135. The molecular formula is C26H29FN4O2. The summed E-state index contributed by atoms with van der Waals surface area (Å²) in [5, 5.41) is 0. The number of carbonyl (C=O) groups is 1. The number of ether oxygens (including phenoxy) is 1. The van der Waals surface area contributed by atoms with Gasteiger partial charge in [0, 0.05) is 56.5 Å². The molecule has 0 saturated carbocycles. The Morgan fingerprint density at radius 3 is 2.36 bits per heavy atom. The highest BCUT2D eigenvalue weighted by atomic mass is 19.1. The van der Waals surface area contributed by atoms with E-state index in [0.29, 0.717) is 50.4 Å². The molecule has 3 aromatic rings. The van der Waals surface area contributed by atoms with Crippen molar-refractivity contribution in [3.8, 4) is 11.4 Å². The molecule has 0 unspecified atom stereocenters. The van der Waals surface area contributed by atoms with E-state index in [1.54, 1.807) is 6.07 Å². The minimum Gasteiger partial charge on any atom is -0.375 e. The molecule has 2 heterocycles. The Kier molecular flexibility index (Phi) is 7.29. The highest BCUT2D eigenvalue weighted by Crippen LogP contribution is 2.29. The predicted molar refractivity (Wildman–Crippen MR) is 127 cm³/mol. The number of amides is 1. The van der Waals surface area contributed by atoms with Crippen LogP contribution in [0.1, 0.15) is 23.7 Å². The van der Waals surface area contributed by atoms with E-state index in [1.807, 2.05) is 47.4 Å². The molecule has 1 saturated heterocycles. The first-order valence-electron chi connectivity index (χ1n) is 11.3. The van der Waals surface area contributed by atoms with Crippen LogP contribution in [0.3, 0.4) is 0 Å². The monoisotopic (exact) mass is 448 g/mol. The molecule has 0 N–H and O–H groups in total. The van der Waals surface area contributed by atoms with Crippen LogP contribution in [0, 0.1) is 5.82 Å². The van der Waals surface area contributed by atoms with Gasteiger partial charge in [0.1, 0.15) is 18.2 Å². The van der Waals surface area contributed by atoms with Crippen molar-refractivity contribution in [3.05, 3.63) is 77.2 Å². The molecule has 1 amide bonds. The van der Waals surface area contributed by atoms with Gasteiger partial charge in [-0.3, -0.25) is 4.79 Å². The van der Waals surface area contributed by atoms with Gasteiger partial charge < -0.3 is 14.5 Å². The van der Waals surface area contributed by atoms with Gasteiger partial charge in [-0.2, -0.15) is 0 Å². The summed E-state index contributed by atoms with van der Waals surface area (Å²) in [6, 6.07) is 16.7.